The third-order valence-electron chi connectivity index (χ3n) is 4.14. The Balaban J connectivity index is 3.56. The number of ether oxygens (including phenoxy) is 1. The van der Waals surface area contributed by atoms with Crippen LogP contribution in [0.2, 0.25) is 0 Å². The van der Waals surface area contributed by atoms with Crippen molar-refractivity contribution in [3.63, 3.8) is 0 Å². The van der Waals surface area contributed by atoms with Crippen molar-refractivity contribution in [2.45, 2.75) is 97.1 Å². The molecule has 0 aliphatic rings. The summed E-state index contributed by atoms with van der Waals surface area (Å²) < 4.78 is 5.87. The molecule has 0 aromatic heterocycles. The first-order valence-corrected chi connectivity index (χ1v) is 9.05. The van der Waals surface area contributed by atoms with Crippen LogP contribution in [0.25, 0.3) is 0 Å². The fourth-order valence-corrected chi connectivity index (χ4v) is 2.49. The van der Waals surface area contributed by atoms with Gasteiger partial charge in [0.2, 0.25) is 0 Å². The molecular formula is C18H39NO2. The van der Waals surface area contributed by atoms with Crippen LogP contribution in [-0.4, -0.2) is 36.5 Å². The predicted molar refractivity (Wildman–Crippen MR) is 91.8 cm³/mol. The Kier molecular flexibility index (Phi) is 13.5. The van der Waals surface area contributed by atoms with Crippen LogP contribution in [0.1, 0.15) is 85.5 Å². The molecule has 2 N–H and O–H groups in total. The molecular weight excluding hydrogens is 262 g/mol. The first kappa shape index (κ1) is 20.9. The number of unbranched alkanes of at least 4 members (excludes halogenated alkanes) is 4. The Hall–Kier alpha value is -0.120. The van der Waals surface area contributed by atoms with Gasteiger partial charge in [0.25, 0.3) is 0 Å². The maximum atomic E-state index is 9.50. The summed E-state index contributed by atoms with van der Waals surface area (Å²) in [4.78, 5) is 0. The van der Waals surface area contributed by atoms with Gasteiger partial charge >= 0.3 is 0 Å². The molecule has 0 aromatic rings. The van der Waals surface area contributed by atoms with Gasteiger partial charge in [-0.05, 0) is 52.5 Å². The zero-order valence-corrected chi connectivity index (χ0v) is 14.9. The van der Waals surface area contributed by atoms with E-state index in [0.29, 0.717) is 6.10 Å². The monoisotopic (exact) mass is 301 g/mol. The number of aliphatic hydroxyl groups is 1. The highest BCUT2D eigenvalue weighted by molar-refractivity contribution is 4.81. The number of nitrogens with one attached hydrogen (secondary N) is 1. The third kappa shape index (κ3) is 12.1. The van der Waals surface area contributed by atoms with E-state index in [9.17, 15) is 5.11 Å². The van der Waals surface area contributed by atoms with Crippen molar-refractivity contribution in [2.24, 2.45) is 0 Å². The molecule has 0 saturated heterocycles. The molecule has 0 aliphatic heterocycles. The average Bonchev–Trinajstić information content (AvgIpc) is 2.49. The van der Waals surface area contributed by atoms with Gasteiger partial charge in [0, 0.05) is 12.1 Å². The molecule has 0 saturated carbocycles. The number of hydrogen-bond acceptors (Lipinski definition) is 3. The van der Waals surface area contributed by atoms with E-state index < -0.39 is 0 Å². The molecule has 128 valence electrons. The van der Waals surface area contributed by atoms with E-state index in [4.69, 9.17) is 4.74 Å². The molecule has 3 nitrogen and oxygen atoms in total. The van der Waals surface area contributed by atoms with Crippen molar-refractivity contribution in [3.05, 3.63) is 0 Å². The van der Waals surface area contributed by atoms with Gasteiger partial charge in [-0.2, -0.15) is 0 Å². The average molecular weight is 302 g/mol. The lowest BCUT2D eigenvalue weighted by molar-refractivity contribution is 0.0538. The number of aliphatic hydroxyl groups excluding tert-OH is 1. The van der Waals surface area contributed by atoms with Gasteiger partial charge in [0.1, 0.15) is 0 Å². The van der Waals surface area contributed by atoms with E-state index >= 15 is 0 Å². The molecule has 0 amide bonds. The van der Waals surface area contributed by atoms with E-state index in [1.165, 1.54) is 32.1 Å². The van der Waals surface area contributed by atoms with Crippen molar-refractivity contribution in [1.82, 2.24) is 5.32 Å². The number of rotatable bonds is 15. The predicted octanol–water partition coefficient (Wildman–Crippen LogP) is 4.28. The SMILES string of the molecule is CCCCCCC(C)OCCCCC(C)(CO)NCCC. The van der Waals surface area contributed by atoms with E-state index in [2.05, 4.69) is 33.0 Å². The van der Waals surface area contributed by atoms with Crippen molar-refractivity contribution >= 4 is 0 Å². The zero-order valence-electron chi connectivity index (χ0n) is 14.9. The summed E-state index contributed by atoms with van der Waals surface area (Å²) >= 11 is 0. The lowest BCUT2D eigenvalue weighted by Crippen LogP contribution is -2.46. The second kappa shape index (κ2) is 13.5. The van der Waals surface area contributed by atoms with E-state index in [0.717, 1.165) is 38.8 Å². The quantitative estimate of drug-likeness (QED) is 0.444. The van der Waals surface area contributed by atoms with Gasteiger partial charge in [0.05, 0.1) is 12.7 Å². The molecule has 0 bridgehead atoms. The van der Waals surface area contributed by atoms with E-state index in [-0.39, 0.29) is 12.1 Å². The Morgan fingerprint density at radius 1 is 1.05 bits per heavy atom. The first-order chi connectivity index (χ1) is 10.1. The third-order valence-corrected chi connectivity index (χ3v) is 4.14. The lowest BCUT2D eigenvalue weighted by Gasteiger charge is -2.29. The van der Waals surface area contributed by atoms with Gasteiger partial charge in [0.15, 0.2) is 0 Å². The molecule has 0 fully saturated rings. The Morgan fingerprint density at radius 2 is 1.81 bits per heavy atom. The molecule has 0 aromatic carbocycles. The van der Waals surface area contributed by atoms with Crippen LogP contribution in [0.4, 0.5) is 0 Å². The minimum absolute atomic E-state index is 0.123. The Bertz CT molecular complexity index is 223. The summed E-state index contributed by atoms with van der Waals surface area (Å²) in [5, 5.41) is 12.9. The molecule has 21 heavy (non-hydrogen) atoms. The second-order valence-corrected chi connectivity index (χ2v) is 6.63. The van der Waals surface area contributed by atoms with Crippen LogP contribution in [0.3, 0.4) is 0 Å². The highest BCUT2D eigenvalue weighted by atomic mass is 16.5. The fourth-order valence-electron chi connectivity index (χ4n) is 2.49. The molecule has 0 aliphatic carbocycles. The summed E-state index contributed by atoms with van der Waals surface area (Å²) in [5.41, 5.74) is -0.123. The summed E-state index contributed by atoms with van der Waals surface area (Å²) in [6, 6.07) is 0. The smallest absolute Gasteiger partial charge is 0.0610 e. The summed E-state index contributed by atoms with van der Waals surface area (Å²) in [6.45, 7) is 10.7. The first-order valence-electron chi connectivity index (χ1n) is 9.05. The van der Waals surface area contributed by atoms with Gasteiger partial charge in [-0.3, -0.25) is 0 Å². The van der Waals surface area contributed by atoms with Crippen LogP contribution >= 0.6 is 0 Å². The molecule has 2 atom stereocenters. The van der Waals surface area contributed by atoms with Crippen molar-refractivity contribution < 1.29 is 9.84 Å². The van der Waals surface area contributed by atoms with E-state index in [1.807, 2.05) is 0 Å². The van der Waals surface area contributed by atoms with Crippen molar-refractivity contribution in [1.29, 1.82) is 0 Å². The summed E-state index contributed by atoms with van der Waals surface area (Å²) in [5.74, 6) is 0. The molecule has 3 heteroatoms. The van der Waals surface area contributed by atoms with Gasteiger partial charge in [-0.1, -0.05) is 39.5 Å². The number of hydrogen-bond donors (Lipinski definition) is 2. The summed E-state index contributed by atoms with van der Waals surface area (Å²) in [7, 11) is 0. The maximum absolute atomic E-state index is 9.50. The Morgan fingerprint density at radius 3 is 2.43 bits per heavy atom. The molecule has 0 heterocycles. The van der Waals surface area contributed by atoms with Crippen molar-refractivity contribution in [3.8, 4) is 0 Å². The Labute approximate surface area is 132 Å². The van der Waals surface area contributed by atoms with Crippen LogP contribution < -0.4 is 5.32 Å². The second-order valence-electron chi connectivity index (χ2n) is 6.63. The van der Waals surface area contributed by atoms with Gasteiger partial charge in [-0.25, -0.2) is 0 Å². The summed E-state index contributed by atoms with van der Waals surface area (Å²) in [6.07, 6.45) is 11.2. The lowest BCUT2D eigenvalue weighted by atomic mass is 9.95. The minimum atomic E-state index is -0.123. The topological polar surface area (TPSA) is 41.5 Å². The van der Waals surface area contributed by atoms with Crippen LogP contribution in [0, 0.1) is 0 Å². The maximum Gasteiger partial charge on any atom is 0.0610 e. The van der Waals surface area contributed by atoms with Crippen LogP contribution in [0.5, 0.6) is 0 Å². The van der Waals surface area contributed by atoms with Gasteiger partial charge < -0.3 is 15.2 Å². The molecule has 0 spiro atoms. The minimum Gasteiger partial charge on any atom is -0.394 e. The van der Waals surface area contributed by atoms with Crippen molar-refractivity contribution in [2.75, 3.05) is 19.8 Å². The zero-order chi connectivity index (χ0) is 16.0. The largest absolute Gasteiger partial charge is 0.394 e. The molecule has 0 rings (SSSR count). The fraction of sp³-hybridized carbons (Fsp3) is 1.00. The van der Waals surface area contributed by atoms with Crippen LogP contribution in [-0.2, 0) is 4.74 Å². The highest BCUT2D eigenvalue weighted by Gasteiger charge is 2.21. The molecule has 2 unspecified atom stereocenters. The highest BCUT2D eigenvalue weighted by Crippen LogP contribution is 2.14. The van der Waals surface area contributed by atoms with Gasteiger partial charge in [-0.15, -0.1) is 0 Å². The van der Waals surface area contributed by atoms with E-state index in [1.54, 1.807) is 0 Å². The normalized spacial score (nSPS) is 15.9. The standard InChI is InChI=1S/C18H39NO2/c1-5-7-8-9-12-17(3)21-15-11-10-13-18(4,16-20)19-14-6-2/h17,19-20H,5-16H2,1-4H3. The molecule has 0 radical (unpaired) electrons. The van der Waals surface area contributed by atoms with Crippen LogP contribution in [0.15, 0.2) is 0 Å².